The smallest absolute Gasteiger partial charge is 0.312 e. The van der Waals surface area contributed by atoms with Crippen molar-refractivity contribution in [1.82, 2.24) is 15.1 Å². The zero-order chi connectivity index (χ0) is 19.8. The Morgan fingerprint density at radius 1 is 0.929 bits per heavy atom. The molecule has 0 radical (unpaired) electrons. The van der Waals surface area contributed by atoms with Crippen molar-refractivity contribution in [2.24, 2.45) is 5.73 Å². The number of nitrogens with one attached hydrogen (secondary N) is 1. The van der Waals surface area contributed by atoms with E-state index in [1.807, 2.05) is 4.90 Å². The largest absolute Gasteiger partial charge is 0.352 e. The molecule has 0 bridgehead atoms. The number of carbonyl (C=O) groups is 2. The minimum Gasteiger partial charge on any atom is -0.352 e. The molecule has 6 nitrogen and oxygen atoms in total. The average molecular weight is 383 g/mol. The van der Waals surface area contributed by atoms with Gasteiger partial charge in [-0.15, -0.1) is 0 Å². The van der Waals surface area contributed by atoms with E-state index in [0.717, 1.165) is 52.0 Å². The Labute approximate surface area is 166 Å². The first-order valence-electron chi connectivity index (χ1n) is 10.1. The molecule has 1 aliphatic rings. The van der Waals surface area contributed by atoms with E-state index in [1.165, 1.54) is 16.3 Å². The highest BCUT2D eigenvalue weighted by molar-refractivity contribution is 5.85. The van der Waals surface area contributed by atoms with Gasteiger partial charge in [-0.2, -0.15) is 0 Å². The monoisotopic (exact) mass is 382 g/mol. The number of hydrogen-bond donors (Lipinski definition) is 2. The van der Waals surface area contributed by atoms with Crippen LogP contribution in [0.25, 0.3) is 10.8 Å². The van der Waals surface area contributed by atoms with E-state index in [1.54, 1.807) is 0 Å². The summed E-state index contributed by atoms with van der Waals surface area (Å²) < 4.78 is 0. The number of rotatable bonds is 8. The molecule has 0 spiro atoms. The topological polar surface area (TPSA) is 78.7 Å². The molecule has 6 heteroatoms. The SMILES string of the molecule is NC(=O)NCCCCCC(=O)N1CCN(Cc2cccc3ccccc23)CC1. The number of amides is 3. The van der Waals surface area contributed by atoms with Crippen molar-refractivity contribution in [3.8, 4) is 0 Å². The highest BCUT2D eigenvalue weighted by Crippen LogP contribution is 2.20. The van der Waals surface area contributed by atoms with Crippen LogP contribution in [0.3, 0.4) is 0 Å². The lowest BCUT2D eigenvalue weighted by atomic mass is 10.0. The molecule has 3 amide bonds. The van der Waals surface area contributed by atoms with Gasteiger partial charge < -0.3 is 16.0 Å². The van der Waals surface area contributed by atoms with Gasteiger partial charge in [0.05, 0.1) is 0 Å². The van der Waals surface area contributed by atoms with E-state index < -0.39 is 6.03 Å². The number of unbranched alkanes of at least 4 members (excludes halogenated alkanes) is 2. The second-order valence-corrected chi connectivity index (χ2v) is 7.40. The summed E-state index contributed by atoms with van der Waals surface area (Å²) in [6.07, 6.45) is 3.22. The predicted octanol–water partition coefficient (Wildman–Crippen LogP) is 2.71. The number of nitrogens with two attached hydrogens (primary N) is 1. The van der Waals surface area contributed by atoms with Crippen LogP contribution in [-0.2, 0) is 11.3 Å². The van der Waals surface area contributed by atoms with Gasteiger partial charge in [-0.05, 0) is 29.2 Å². The number of piperazine rings is 1. The third-order valence-corrected chi connectivity index (χ3v) is 5.37. The maximum Gasteiger partial charge on any atom is 0.312 e. The number of primary amides is 1. The van der Waals surface area contributed by atoms with E-state index in [9.17, 15) is 9.59 Å². The second-order valence-electron chi connectivity index (χ2n) is 7.40. The number of nitrogens with zero attached hydrogens (tertiary/aromatic N) is 2. The Kier molecular flexibility index (Phi) is 7.25. The molecule has 3 rings (SSSR count). The molecule has 1 fully saturated rings. The number of carbonyl (C=O) groups excluding carboxylic acids is 2. The number of urea groups is 1. The zero-order valence-corrected chi connectivity index (χ0v) is 16.4. The molecule has 0 saturated carbocycles. The summed E-state index contributed by atoms with van der Waals surface area (Å²) in [6.45, 7) is 4.93. The third-order valence-electron chi connectivity index (χ3n) is 5.37. The van der Waals surface area contributed by atoms with Crippen LogP contribution in [0.1, 0.15) is 31.2 Å². The molecule has 0 unspecified atom stereocenters. The Hall–Kier alpha value is -2.60. The van der Waals surface area contributed by atoms with Gasteiger partial charge in [0.2, 0.25) is 5.91 Å². The molecular weight excluding hydrogens is 352 g/mol. The van der Waals surface area contributed by atoms with Crippen LogP contribution >= 0.6 is 0 Å². The van der Waals surface area contributed by atoms with Gasteiger partial charge in [0.25, 0.3) is 0 Å². The lowest BCUT2D eigenvalue weighted by Gasteiger charge is -2.35. The number of fused-ring (bicyclic) bond motifs is 1. The molecule has 28 heavy (non-hydrogen) atoms. The minimum atomic E-state index is -0.488. The fourth-order valence-electron chi connectivity index (χ4n) is 3.77. The Balaban J connectivity index is 1.39. The summed E-state index contributed by atoms with van der Waals surface area (Å²) in [4.78, 5) is 27.4. The van der Waals surface area contributed by atoms with Crippen LogP contribution < -0.4 is 11.1 Å². The first-order valence-corrected chi connectivity index (χ1v) is 10.1. The van der Waals surface area contributed by atoms with Crippen molar-refractivity contribution in [3.63, 3.8) is 0 Å². The number of benzene rings is 2. The highest BCUT2D eigenvalue weighted by Gasteiger charge is 2.21. The van der Waals surface area contributed by atoms with Gasteiger partial charge in [-0.25, -0.2) is 4.79 Å². The maximum absolute atomic E-state index is 12.4. The molecule has 2 aromatic rings. The summed E-state index contributed by atoms with van der Waals surface area (Å²) >= 11 is 0. The molecule has 3 N–H and O–H groups in total. The quantitative estimate of drug-likeness (QED) is 0.689. The van der Waals surface area contributed by atoms with Crippen molar-refractivity contribution >= 4 is 22.7 Å². The van der Waals surface area contributed by atoms with E-state index in [2.05, 4.69) is 52.7 Å². The van der Waals surface area contributed by atoms with Crippen molar-refractivity contribution in [2.45, 2.75) is 32.2 Å². The summed E-state index contributed by atoms with van der Waals surface area (Å²) in [5, 5.41) is 5.16. The van der Waals surface area contributed by atoms with Crippen LogP contribution in [0.4, 0.5) is 4.79 Å². The van der Waals surface area contributed by atoms with Gasteiger partial charge >= 0.3 is 6.03 Å². The predicted molar refractivity (Wildman–Crippen MR) is 112 cm³/mol. The van der Waals surface area contributed by atoms with Crippen LogP contribution in [-0.4, -0.2) is 54.5 Å². The molecule has 0 atom stereocenters. The lowest BCUT2D eigenvalue weighted by molar-refractivity contribution is -0.133. The summed E-state index contributed by atoms with van der Waals surface area (Å²) in [5.74, 6) is 0.243. The average Bonchev–Trinajstić information content (AvgIpc) is 2.71. The fourth-order valence-corrected chi connectivity index (χ4v) is 3.77. The Bertz CT molecular complexity index is 795. The van der Waals surface area contributed by atoms with Crippen molar-refractivity contribution in [2.75, 3.05) is 32.7 Å². The van der Waals surface area contributed by atoms with E-state index in [4.69, 9.17) is 5.73 Å². The molecule has 0 aliphatic carbocycles. The third kappa shape index (κ3) is 5.70. The van der Waals surface area contributed by atoms with Crippen LogP contribution in [0, 0.1) is 0 Å². The van der Waals surface area contributed by atoms with Gasteiger partial charge in [0, 0.05) is 45.7 Å². The Morgan fingerprint density at radius 2 is 1.68 bits per heavy atom. The van der Waals surface area contributed by atoms with E-state index in [-0.39, 0.29) is 5.91 Å². The number of hydrogen-bond acceptors (Lipinski definition) is 3. The summed E-state index contributed by atoms with van der Waals surface area (Å²) in [5.41, 5.74) is 6.37. The van der Waals surface area contributed by atoms with Gasteiger partial charge in [0.15, 0.2) is 0 Å². The fraction of sp³-hybridized carbons (Fsp3) is 0.455. The van der Waals surface area contributed by atoms with Crippen molar-refractivity contribution in [1.29, 1.82) is 0 Å². The first kappa shape index (κ1) is 20.1. The molecule has 2 aromatic carbocycles. The van der Waals surface area contributed by atoms with Gasteiger partial charge in [-0.1, -0.05) is 48.9 Å². The lowest BCUT2D eigenvalue weighted by Crippen LogP contribution is -2.48. The molecular formula is C22H30N4O2. The molecule has 150 valence electrons. The van der Waals surface area contributed by atoms with Gasteiger partial charge in [0.1, 0.15) is 0 Å². The van der Waals surface area contributed by atoms with Crippen LogP contribution in [0.5, 0.6) is 0 Å². The van der Waals surface area contributed by atoms with Crippen molar-refractivity contribution in [3.05, 3.63) is 48.0 Å². The van der Waals surface area contributed by atoms with E-state index >= 15 is 0 Å². The van der Waals surface area contributed by atoms with Gasteiger partial charge in [-0.3, -0.25) is 9.69 Å². The maximum atomic E-state index is 12.4. The second kappa shape index (κ2) is 10.1. The summed E-state index contributed by atoms with van der Waals surface area (Å²) in [6, 6.07) is 14.5. The molecule has 1 saturated heterocycles. The molecule has 0 aromatic heterocycles. The Morgan fingerprint density at radius 3 is 2.46 bits per heavy atom. The first-order chi connectivity index (χ1) is 13.6. The molecule has 1 heterocycles. The highest BCUT2D eigenvalue weighted by atomic mass is 16.2. The minimum absolute atomic E-state index is 0.243. The standard InChI is InChI=1S/C22H30N4O2/c23-22(28)24-12-5-1-2-11-21(27)26-15-13-25(14-16-26)17-19-9-6-8-18-7-3-4-10-20(18)19/h3-4,6-10H,1-2,5,11-17H2,(H3,23,24,28). The summed E-state index contributed by atoms with van der Waals surface area (Å²) in [7, 11) is 0. The van der Waals surface area contributed by atoms with Crippen molar-refractivity contribution < 1.29 is 9.59 Å². The molecule has 1 aliphatic heterocycles. The van der Waals surface area contributed by atoms with Crippen LogP contribution in [0.2, 0.25) is 0 Å². The van der Waals surface area contributed by atoms with Crippen LogP contribution in [0.15, 0.2) is 42.5 Å². The van der Waals surface area contributed by atoms with E-state index in [0.29, 0.717) is 13.0 Å². The normalized spacial score (nSPS) is 14.9. The zero-order valence-electron chi connectivity index (χ0n) is 16.4.